The summed E-state index contributed by atoms with van der Waals surface area (Å²) in [6, 6.07) is 7.80. The summed E-state index contributed by atoms with van der Waals surface area (Å²) >= 11 is 0. The molecule has 0 aromatic heterocycles. The predicted molar refractivity (Wildman–Crippen MR) is 57.6 cm³/mol. The number of nitrogens with two attached hydrogens (primary N) is 1. The minimum absolute atomic E-state index is 0.0149. The molecule has 0 heterocycles. The molecule has 0 bridgehead atoms. The fourth-order valence-corrected chi connectivity index (χ4v) is 1.36. The molecule has 1 atom stereocenters. The Bertz CT molecular complexity index is 374. The molecular weight excluding hydrogens is 172 g/mol. The molecule has 1 unspecified atom stereocenters. The molecule has 1 aromatic carbocycles. The molecule has 0 spiro atoms. The zero-order valence-electron chi connectivity index (χ0n) is 8.33. The van der Waals surface area contributed by atoms with Gasteiger partial charge in [0.25, 0.3) is 0 Å². The fraction of sp³-hybridized carbons (Fsp3) is 0.250. The quantitative estimate of drug-likeness (QED) is 0.737. The Labute approximate surface area is 84.7 Å². The van der Waals surface area contributed by atoms with Crippen LogP contribution in [-0.4, -0.2) is 0 Å². The molecule has 1 rings (SSSR count). The second-order valence-corrected chi connectivity index (χ2v) is 3.32. The van der Waals surface area contributed by atoms with Crippen molar-refractivity contribution in [1.29, 1.82) is 5.26 Å². The fourth-order valence-electron chi connectivity index (χ4n) is 1.36. The Hall–Kier alpha value is -1.59. The van der Waals surface area contributed by atoms with Crippen LogP contribution in [0.25, 0.3) is 0 Å². The summed E-state index contributed by atoms with van der Waals surface area (Å²) in [6.07, 6.45) is 2.56. The number of nitriles is 1. The van der Waals surface area contributed by atoms with E-state index in [-0.39, 0.29) is 6.04 Å². The van der Waals surface area contributed by atoms with Gasteiger partial charge in [0.05, 0.1) is 11.6 Å². The van der Waals surface area contributed by atoms with Crippen LogP contribution < -0.4 is 5.73 Å². The number of aryl methyl sites for hydroxylation is 1. The summed E-state index contributed by atoms with van der Waals surface area (Å²) in [5.41, 5.74) is 8.65. The van der Waals surface area contributed by atoms with Crippen LogP contribution in [0, 0.1) is 18.3 Å². The van der Waals surface area contributed by atoms with Crippen LogP contribution in [0.5, 0.6) is 0 Å². The van der Waals surface area contributed by atoms with Crippen molar-refractivity contribution in [2.24, 2.45) is 5.73 Å². The molecule has 14 heavy (non-hydrogen) atoms. The van der Waals surface area contributed by atoms with Crippen LogP contribution in [0.4, 0.5) is 0 Å². The number of benzene rings is 1. The van der Waals surface area contributed by atoms with Crippen LogP contribution in [0.3, 0.4) is 0 Å². The molecule has 72 valence electrons. The van der Waals surface area contributed by atoms with E-state index < -0.39 is 0 Å². The van der Waals surface area contributed by atoms with Gasteiger partial charge in [0, 0.05) is 6.04 Å². The smallest absolute Gasteiger partial charge is 0.0994 e. The van der Waals surface area contributed by atoms with E-state index in [1.807, 2.05) is 25.1 Å². The minimum atomic E-state index is -0.0149. The highest BCUT2D eigenvalue weighted by molar-refractivity contribution is 5.40. The average molecular weight is 186 g/mol. The highest BCUT2D eigenvalue weighted by Gasteiger charge is 2.05. The van der Waals surface area contributed by atoms with Gasteiger partial charge in [-0.3, -0.25) is 0 Å². The van der Waals surface area contributed by atoms with E-state index in [1.54, 1.807) is 6.08 Å². The lowest BCUT2D eigenvalue weighted by Crippen LogP contribution is -2.09. The van der Waals surface area contributed by atoms with E-state index in [9.17, 15) is 0 Å². The summed E-state index contributed by atoms with van der Waals surface area (Å²) in [5.74, 6) is 0. The van der Waals surface area contributed by atoms with Crippen molar-refractivity contribution in [1.82, 2.24) is 0 Å². The highest BCUT2D eigenvalue weighted by Crippen LogP contribution is 2.17. The third-order valence-electron chi connectivity index (χ3n) is 2.22. The van der Waals surface area contributed by atoms with Gasteiger partial charge in [-0.05, 0) is 30.5 Å². The number of hydrogen-bond donors (Lipinski definition) is 1. The predicted octanol–water partition coefficient (Wildman–Crippen LogP) is 2.44. The number of hydrogen-bond acceptors (Lipinski definition) is 2. The highest BCUT2D eigenvalue weighted by atomic mass is 14.6. The molecule has 0 radical (unpaired) electrons. The lowest BCUT2D eigenvalue weighted by molar-refractivity contribution is 0.741. The van der Waals surface area contributed by atoms with Gasteiger partial charge in [-0.1, -0.05) is 18.2 Å². The standard InChI is InChI=1S/C12H14N2/c1-3-4-12(14)10-5-6-11(8-13)9(2)7-10/h3,5-7,12H,1,4,14H2,2H3. The maximum Gasteiger partial charge on any atom is 0.0994 e. The van der Waals surface area contributed by atoms with Crippen LogP contribution >= 0.6 is 0 Å². The van der Waals surface area contributed by atoms with Crippen molar-refractivity contribution in [3.63, 3.8) is 0 Å². The SMILES string of the molecule is C=CCC(N)c1ccc(C#N)c(C)c1. The van der Waals surface area contributed by atoms with Gasteiger partial charge in [0.1, 0.15) is 0 Å². The summed E-state index contributed by atoms with van der Waals surface area (Å²) in [4.78, 5) is 0. The van der Waals surface area contributed by atoms with Gasteiger partial charge in [0.15, 0.2) is 0 Å². The molecule has 1 aromatic rings. The molecule has 0 fully saturated rings. The first-order valence-electron chi connectivity index (χ1n) is 4.56. The van der Waals surface area contributed by atoms with Gasteiger partial charge >= 0.3 is 0 Å². The lowest BCUT2D eigenvalue weighted by Gasteiger charge is -2.10. The largest absolute Gasteiger partial charge is 0.324 e. The van der Waals surface area contributed by atoms with Gasteiger partial charge in [0.2, 0.25) is 0 Å². The monoisotopic (exact) mass is 186 g/mol. The van der Waals surface area contributed by atoms with Crippen molar-refractivity contribution in [3.8, 4) is 6.07 Å². The third kappa shape index (κ3) is 2.21. The number of nitrogens with zero attached hydrogens (tertiary/aromatic N) is 1. The second-order valence-electron chi connectivity index (χ2n) is 3.32. The lowest BCUT2D eigenvalue weighted by atomic mass is 9.99. The molecular formula is C12H14N2. The molecule has 0 amide bonds. The van der Waals surface area contributed by atoms with E-state index in [0.29, 0.717) is 5.56 Å². The normalized spacial score (nSPS) is 11.8. The van der Waals surface area contributed by atoms with E-state index >= 15 is 0 Å². The summed E-state index contributed by atoms with van der Waals surface area (Å²) in [7, 11) is 0. The van der Waals surface area contributed by atoms with Gasteiger partial charge < -0.3 is 5.73 Å². The van der Waals surface area contributed by atoms with E-state index in [2.05, 4.69) is 12.6 Å². The zero-order valence-corrected chi connectivity index (χ0v) is 8.33. The van der Waals surface area contributed by atoms with Crippen molar-refractivity contribution in [2.75, 3.05) is 0 Å². The van der Waals surface area contributed by atoms with Crippen LogP contribution in [0.1, 0.15) is 29.2 Å². The minimum Gasteiger partial charge on any atom is -0.324 e. The Balaban J connectivity index is 2.97. The first kappa shape index (κ1) is 10.5. The Kier molecular flexibility index (Phi) is 3.44. The van der Waals surface area contributed by atoms with Crippen molar-refractivity contribution >= 4 is 0 Å². The zero-order chi connectivity index (χ0) is 10.6. The molecule has 2 heteroatoms. The molecule has 0 aliphatic heterocycles. The first-order chi connectivity index (χ1) is 6.69. The molecule has 0 aliphatic carbocycles. The first-order valence-corrected chi connectivity index (χ1v) is 4.56. The van der Waals surface area contributed by atoms with Gasteiger partial charge in [-0.2, -0.15) is 5.26 Å². The summed E-state index contributed by atoms with van der Waals surface area (Å²) in [6.45, 7) is 5.57. The molecule has 0 saturated carbocycles. The van der Waals surface area contributed by atoms with Gasteiger partial charge in [-0.15, -0.1) is 6.58 Å². The Morgan fingerprint density at radius 2 is 2.36 bits per heavy atom. The van der Waals surface area contributed by atoms with Crippen LogP contribution in [-0.2, 0) is 0 Å². The maximum absolute atomic E-state index is 8.75. The van der Waals surface area contributed by atoms with Crippen LogP contribution in [0.2, 0.25) is 0 Å². The van der Waals surface area contributed by atoms with Crippen molar-refractivity contribution in [2.45, 2.75) is 19.4 Å². The molecule has 2 N–H and O–H groups in total. The van der Waals surface area contributed by atoms with Crippen molar-refractivity contribution in [3.05, 3.63) is 47.5 Å². The molecule has 2 nitrogen and oxygen atoms in total. The van der Waals surface area contributed by atoms with Gasteiger partial charge in [-0.25, -0.2) is 0 Å². The number of rotatable bonds is 3. The van der Waals surface area contributed by atoms with Crippen molar-refractivity contribution < 1.29 is 0 Å². The van der Waals surface area contributed by atoms with E-state index in [0.717, 1.165) is 17.5 Å². The topological polar surface area (TPSA) is 49.8 Å². The molecule has 0 saturated heterocycles. The maximum atomic E-state index is 8.75. The average Bonchev–Trinajstić information content (AvgIpc) is 2.18. The summed E-state index contributed by atoms with van der Waals surface area (Å²) < 4.78 is 0. The van der Waals surface area contributed by atoms with E-state index in [1.165, 1.54) is 0 Å². The third-order valence-corrected chi connectivity index (χ3v) is 2.22. The summed E-state index contributed by atoms with van der Waals surface area (Å²) in [5, 5.41) is 8.75. The Morgan fingerprint density at radius 1 is 1.64 bits per heavy atom. The van der Waals surface area contributed by atoms with E-state index in [4.69, 9.17) is 11.0 Å². The van der Waals surface area contributed by atoms with Crippen LogP contribution in [0.15, 0.2) is 30.9 Å². The Morgan fingerprint density at radius 3 is 2.86 bits per heavy atom. The molecule has 0 aliphatic rings. The second kappa shape index (κ2) is 4.59.